The molecule has 0 heterocycles. The van der Waals surface area contributed by atoms with Gasteiger partial charge in [0.05, 0.1) is 6.42 Å². The third-order valence-corrected chi connectivity index (χ3v) is 6.19. The summed E-state index contributed by atoms with van der Waals surface area (Å²) < 4.78 is 10.9. The third-order valence-electron chi connectivity index (χ3n) is 6.19. The van der Waals surface area contributed by atoms with Gasteiger partial charge in [-0.05, 0) is 25.7 Å². The molecule has 5 nitrogen and oxygen atoms in total. The summed E-state index contributed by atoms with van der Waals surface area (Å²) in [6, 6.07) is 0. The van der Waals surface area contributed by atoms with E-state index in [2.05, 4.69) is 0 Å². The van der Waals surface area contributed by atoms with Crippen molar-refractivity contribution in [1.82, 2.24) is 0 Å². The molecule has 1 N–H and O–H groups in total. The van der Waals surface area contributed by atoms with Gasteiger partial charge in [0, 0.05) is 52.4 Å². The molecule has 0 aromatic carbocycles. The molecule has 0 amide bonds. The van der Waals surface area contributed by atoms with E-state index in [-0.39, 0.29) is 44.2 Å². The van der Waals surface area contributed by atoms with Crippen LogP contribution in [0.1, 0.15) is 149 Å². The maximum Gasteiger partial charge on any atom is 0.218 e. The summed E-state index contributed by atoms with van der Waals surface area (Å²) in [6.07, 6.45) is 22.5. The maximum atomic E-state index is 12.3. The summed E-state index contributed by atoms with van der Waals surface area (Å²) in [5.74, 6) is -0.224. The Labute approximate surface area is 236 Å². The Kier molecular flexibility index (Phi) is 32.3. The van der Waals surface area contributed by atoms with E-state index in [9.17, 15) is 9.59 Å². The molecular weight excluding hydrogens is 520 g/mol. The summed E-state index contributed by atoms with van der Waals surface area (Å²) in [5, 5.41) is 8.76. The molecule has 0 rings (SSSR count). The number of carbonyl (C=O) groups is 2. The number of aliphatic hydroxyl groups excluding tert-OH is 1. The van der Waals surface area contributed by atoms with E-state index in [4.69, 9.17) is 14.6 Å². The van der Waals surface area contributed by atoms with Crippen LogP contribution in [0.25, 0.3) is 0 Å². The van der Waals surface area contributed by atoms with Crippen molar-refractivity contribution >= 4 is 11.6 Å². The zero-order chi connectivity index (χ0) is 25.1. The quantitative estimate of drug-likeness (QED) is 0.0588. The van der Waals surface area contributed by atoms with Crippen LogP contribution in [0, 0.1) is 0 Å². The van der Waals surface area contributed by atoms with Crippen molar-refractivity contribution in [1.29, 1.82) is 0 Å². The monoisotopic (exact) mass is 574 g/mol. The van der Waals surface area contributed by atoms with Gasteiger partial charge < -0.3 is 14.6 Å². The second-order valence-electron chi connectivity index (χ2n) is 9.74. The summed E-state index contributed by atoms with van der Waals surface area (Å²) in [6.45, 7) is 5.26. The Morgan fingerprint density at radius 3 is 1.29 bits per heavy atom. The normalized spacial score (nSPS) is 11.1. The van der Waals surface area contributed by atoms with Crippen LogP contribution in [0.4, 0.5) is 0 Å². The van der Waals surface area contributed by atoms with Crippen LogP contribution in [0.3, 0.4) is 0 Å². The van der Waals surface area contributed by atoms with Crippen molar-refractivity contribution in [3.63, 3.8) is 0 Å². The summed E-state index contributed by atoms with van der Waals surface area (Å²) >= 11 is 0. The molecule has 0 aliphatic heterocycles. The molecule has 206 valence electrons. The summed E-state index contributed by atoms with van der Waals surface area (Å²) in [4.78, 5) is 24.4. The number of ether oxygens (including phenoxy) is 2. The molecule has 0 bridgehead atoms. The van der Waals surface area contributed by atoms with Gasteiger partial charge in [-0.25, -0.2) is 0 Å². The Hall–Kier alpha value is 0.103. The van der Waals surface area contributed by atoms with Crippen LogP contribution < -0.4 is 0 Å². The van der Waals surface area contributed by atoms with Gasteiger partial charge in [0.25, 0.3) is 0 Å². The van der Waals surface area contributed by atoms with Crippen molar-refractivity contribution in [2.24, 2.45) is 0 Å². The van der Waals surface area contributed by atoms with Crippen molar-refractivity contribution in [2.75, 3.05) is 19.8 Å². The summed E-state index contributed by atoms with van der Waals surface area (Å²) in [5.41, 5.74) is 0. The van der Waals surface area contributed by atoms with E-state index in [1.165, 1.54) is 89.9 Å². The molecule has 0 saturated carbocycles. The first-order valence-electron chi connectivity index (χ1n) is 14.5. The minimum absolute atomic E-state index is 0. The molecule has 0 fully saturated rings. The van der Waals surface area contributed by atoms with Gasteiger partial charge in [0.2, 0.25) is 6.29 Å². The number of carbonyl (C=O) groups excluding carboxylic acids is 2. The Bertz CT molecular complexity index is 450. The molecular formula is C29H56O5Zr. The largest absolute Gasteiger partial charge is 0.396 e. The first-order valence-corrected chi connectivity index (χ1v) is 14.5. The molecule has 0 unspecified atom stereocenters. The third kappa shape index (κ3) is 27.0. The molecule has 0 aromatic heterocycles. The first-order chi connectivity index (χ1) is 16.7. The number of Topliss-reactive ketones (excluding diaryl/α,β-unsaturated/α-hetero) is 2. The van der Waals surface area contributed by atoms with E-state index < -0.39 is 6.29 Å². The topological polar surface area (TPSA) is 72.8 Å². The van der Waals surface area contributed by atoms with E-state index >= 15 is 0 Å². The number of unbranched alkanes of at least 4 members (excludes halogenated alkanes) is 16. The molecule has 0 aliphatic rings. The minimum atomic E-state index is -0.878. The number of hydrogen-bond acceptors (Lipinski definition) is 5. The number of ketones is 2. The average Bonchev–Trinajstić information content (AvgIpc) is 2.83. The molecule has 6 heteroatoms. The van der Waals surface area contributed by atoms with Crippen molar-refractivity contribution in [3.8, 4) is 0 Å². The summed E-state index contributed by atoms with van der Waals surface area (Å²) in [7, 11) is 0. The van der Waals surface area contributed by atoms with E-state index in [1.54, 1.807) is 0 Å². The number of aliphatic hydroxyl groups is 1. The predicted molar refractivity (Wildman–Crippen MR) is 141 cm³/mol. The molecule has 35 heavy (non-hydrogen) atoms. The van der Waals surface area contributed by atoms with Crippen LogP contribution in [0.15, 0.2) is 0 Å². The maximum absolute atomic E-state index is 12.3. The smallest absolute Gasteiger partial charge is 0.218 e. The van der Waals surface area contributed by atoms with E-state index in [1.807, 2.05) is 13.8 Å². The van der Waals surface area contributed by atoms with E-state index in [0.717, 1.165) is 32.1 Å². The Morgan fingerprint density at radius 1 is 0.600 bits per heavy atom. The first kappa shape index (κ1) is 37.3. The van der Waals surface area contributed by atoms with Crippen LogP contribution in [0.2, 0.25) is 0 Å². The second-order valence-corrected chi connectivity index (χ2v) is 9.74. The fraction of sp³-hybridized carbons (Fsp3) is 0.931. The van der Waals surface area contributed by atoms with Gasteiger partial charge in [0.15, 0.2) is 5.78 Å². The van der Waals surface area contributed by atoms with Crippen molar-refractivity contribution in [3.05, 3.63) is 0 Å². The molecule has 0 aliphatic carbocycles. The van der Waals surface area contributed by atoms with Crippen LogP contribution in [-0.2, 0) is 45.3 Å². The van der Waals surface area contributed by atoms with Gasteiger partial charge in [0.1, 0.15) is 5.78 Å². The minimum Gasteiger partial charge on any atom is -0.396 e. The van der Waals surface area contributed by atoms with Crippen molar-refractivity contribution in [2.45, 2.75) is 155 Å². The number of hydrogen-bond donors (Lipinski definition) is 1. The van der Waals surface area contributed by atoms with Gasteiger partial charge in [-0.3, -0.25) is 9.59 Å². The van der Waals surface area contributed by atoms with Gasteiger partial charge >= 0.3 is 0 Å². The molecule has 0 saturated heterocycles. The number of rotatable bonds is 28. The second kappa shape index (κ2) is 30.3. The fourth-order valence-corrected chi connectivity index (χ4v) is 4.14. The van der Waals surface area contributed by atoms with Crippen molar-refractivity contribution < 1.29 is 50.4 Å². The van der Waals surface area contributed by atoms with Gasteiger partial charge in [-0.15, -0.1) is 0 Å². The standard InChI is InChI=1S/C29H56O5.Zr/c1-3-24-33-29(34-25-4-2)28(32)26-27(31)22-20-18-16-14-12-10-8-6-5-7-9-11-13-15-17-19-21-23-30;/h29-30H,3-26H2,1-2H3;. The predicted octanol–water partition coefficient (Wildman–Crippen LogP) is 7.71. The Morgan fingerprint density at radius 2 is 0.943 bits per heavy atom. The zero-order valence-electron chi connectivity index (χ0n) is 23.1. The molecule has 0 radical (unpaired) electrons. The van der Waals surface area contributed by atoms with Gasteiger partial charge in [-0.2, -0.15) is 0 Å². The van der Waals surface area contributed by atoms with Crippen LogP contribution in [-0.4, -0.2) is 42.8 Å². The fourth-order valence-electron chi connectivity index (χ4n) is 4.14. The molecule has 0 atom stereocenters. The van der Waals surface area contributed by atoms with Crippen LogP contribution >= 0.6 is 0 Å². The average molecular weight is 576 g/mol. The SMILES string of the molecule is CCCOC(OCCC)C(=O)CC(=O)CCCCCCCCCCCCCCCCCCCO.[Zr]. The Balaban J connectivity index is 0. The van der Waals surface area contributed by atoms with E-state index in [0.29, 0.717) is 26.2 Å². The molecule has 0 aromatic rings. The van der Waals surface area contributed by atoms with Gasteiger partial charge in [-0.1, -0.05) is 110 Å². The van der Waals surface area contributed by atoms with Crippen LogP contribution in [0.5, 0.6) is 0 Å². The zero-order valence-corrected chi connectivity index (χ0v) is 25.6. The molecule has 0 spiro atoms.